The summed E-state index contributed by atoms with van der Waals surface area (Å²) in [4.78, 5) is 14.0. The fraction of sp³-hybridized carbons (Fsp3) is 0.192. The van der Waals surface area contributed by atoms with E-state index in [4.69, 9.17) is 19.4 Å². The number of aryl methyl sites for hydroxylation is 1. The number of pyridine rings is 1. The maximum atomic E-state index is 13.7. The van der Waals surface area contributed by atoms with Crippen LogP contribution in [0.3, 0.4) is 0 Å². The minimum Gasteiger partial charge on any atom is -0.496 e. The van der Waals surface area contributed by atoms with Crippen molar-refractivity contribution >= 4 is 11.8 Å². The molecule has 4 aromatic rings. The van der Waals surface area contributed by atoms with Crippen molar-refractivity contribution < 1.29 is 19.0 Å². The Hall–Kier alpha value is -3.49. The lowest BCUT2D eigenvalue weighted by molar-refractivity contribution is 0.278. The van der Waals surface area contributed by atoms with Crippen molar-refractivity contribution in [2.75, 3.05) is 7.11 Å². The summed E-state index contributed by atoms with van der Waals surface area (Å²) < 4.78 is 25.5. The van der Waals surface area contributed by atoms with E-state index in [2.05, 4.69) is 4.98 Å². The summed E-state index contributed by atoms with van der Waals surface area (Å²) in [5, 5.41) is 10.6. The first-order valence-electron chi connectivity index (χ1n) is 10.7. The second-order valence-electron chi connectivity index (χ2n) is 7.87. The topological polar surface area (TPSA) is 77.4 Å². The monoisotopic (exact) mass is 475 g/mol. The molecule has 0 bridgehead atoms. The van der Waals surface area contributed by atoms with E-state index >= 15 is 0 Å². The van der Waals surface area contributed by atoms with Gasteiger partial charge in [-0.2, -0.15) is 4.98 Å². The molecule has 2 aromatic carbocycles. The van der Waals surface area contributed by atoms with E-state index in [0.29, 0.717) is 40.9 Å². The largest absolute Gasteiger partial charge is 0.496 e. The van der Waals surface area contributed by atoms with Gasteiger partial charge in [0.1, 0.15) is 16.6 Å². The van der Waals surface area contributed by atoms with Crippen molar-refractivity contribution in [3.63, 3.8) is 0 Å². The summed E-state index contributed by atoms with van der Waals surface area (Å²) in [6.45, 7) is 1.73. The second-order valence-corrected chi connectivity index (χ2v) is 8.83. The molecule has 0 fully saturated rings. The lowest BCUT2D eigenvalue weighted by atomic mass is 9.99. The van der Waals surface area contributed by atoms with Crippen LogP contribution in [-0.4, -0.2) is 27.2 Å². The lowest BCUT2D eigenvalue weighted by Gasteiger charge is -2.24. The fourth-order valence-electron chi connectivity index (χ4n) is 3.94. The van der Waals surface area contributed by atoms with Crippen LogP contribution in [0.4, 0.5) is 4.39 Å². The van der Waals surface area contributed by atoms with Crippen molar-refractivity contribution in [2.45, 2.75) is 30.7 Å². The van der Waals surface area contributed by atoms with E-state index in [1.807, 2.05) is 37.3 Å². The smallest absolute Gasteiger partial charge is 0.227 e. The van der Waals surface area contributed by atoms with Gasteiger partial charge in [-0.05, 0) is 36.8 Å². The highest BCUT2D eigenvalue weighted by Gasteiger charge is 2.28. The molecule has 0 spiro atoms. The number of aromatic nitrogens is 3. The van der Waals surface area contributed by atoms with Gasteiger partial charge in [-0.3, -0.25) is 4.98 Å². The highest BCUT2D eigenvalue weighted by Crippen LogP contribution is 2.43. The summed E-state index contributed by atoms with van der Waals surface area (Å²) in [5.74, 6) is 2.45. The average molecular weight is 476 g/mol. The summed E-state index contributed by atoms with van der Waals surface area (Å²) in [7, 11) is 1.61. The molecule has 172 valence electrons. The number of hydrogen-bond acceptors (Lipinski definition) is 7. The van der Waals surface area contributed by atoms with Gasteiger partial charge in [-0.25, -0.2) is 9.37 Å². The van der Waals surface area contributed by atoms with E-state index < -0.39 is 0 Å². The molecule has 34 heavy (non-hydrogen) atoms. The maximum absolute atomic E-state index is 13.7. The Morgan fingerprint density at radius 1 is 1.12 bits per heavy atom. The molecule has 1 aliphatic rings. The Morgan fingerprint density at radius 3 is 2.76 bits per heavy atom. The molecule has 3 heterocycles. The van der Waals surface area contributed by atoms with Crippen LogP contribution in [0.25, 0.3) is 11.4 Å². The molecule has 0 saturated heterocycles. The first kappa shape index (κ1) is 22.3. The van der Waals surface area contributed by atoms with E-state index in [1.54, 1.807) is 19.4 Å². The van der Waals surface area contributed by atoms with Gasteiger partial charge >= 0.3 is 0 Å². The zero-order valence-corrected chi connectivity index (χ0v) is 19.5. The van der Waals surface area contributed by atoms with Crippen LogP contribution >= 0.6 is 11.8 Å². The Bertz CT molecular complexity index is 1380. The number of para-hydroxylation sites is 1. The van der Waals surface area contributed by atoms with Crippen molar-refractivity contribution in [2.24, 2.45) is 0 Å². The third-order valence-electron chi connectivity index (χ3n) is 5.67. The van der Waals surface area contributed by atoms with Crippen LogP contribution in [0.1, 0.15) is 27.9 Å². The average Bonchev–Trinajstić information content (AvgIpc) is 2.86. The predicted molar refractivity (Wildman–Crippen MR) is 128 cm³/mol. The number of nitrogens with zero attached hydrogens (tertiary/aromatic N) is 3. The van der Waals surface area contributed by atoms with Crippen LogP contribution < -0.4 is 9.47 Å². The summed E-state index contributed by atoms with van der Waals surface area (Å²) >= 11 is 1.49. The number of ether oxygens (including phenoxy) is 2. The highest BCUT2D eigenvalue weighted by molar-refractivity contribution is 7.98. The van der Waals surface area contributed by atoms with Gasteiger partial charge in [0, 0.05) is 29.5 Å². The van der Waals surface area contributed by atoms with Gasteiger partial charge in [0.05, 0.1) is 30.5 Å². The zero-order valence-electron chi connectivity index (χ0n) is 18.7. The molecular formula is C26H22FN3O3S. The fourth-order valence-corrected chi connectivity index (χ4v) is 4.91. The Balaban J connectivity index is 1.62. The van der Waals surface area contributed by atoms with E-state index in [1.165, 1.54) is 23.9 Å². The SMILES string of the molecule is COc1ccccc1-c1nc2c(c(SCc3cccc(F)c3)n1)Cc1c(CO)cnc(C)c1O2. The lowest BCUT2D eigenvalue weighted by Crippen LogP contribution is -2.13. The van der Waals surface area contributed by atoms with Crippen molar-refractivity contribution in [1.29, 1.82) is 0 Å². The second kappa shape index (κ2) is 9.40. The van der Waals surface area contributed by atoms with Gasteiger partial charge in [0.2, 0.25) is 5.88 Å². The minimum atomic E-state index is -0.273. The van der Waals surface area contributed by atoms with Gasteiger partial charge in [0.15, 0.2) is 11.6 Å². The van der Waals surface area contributed by atoms with Crippen LogP contribution in [0, 0.1) is 12.7 Å². The molecule has 0 unspecified atom stereocenters. The molecule has 6 nitrogen and oxygen atoms in total. The van der Waals surface area contributed by atoms with Crippen LogP contribution in [-0.2, 0) is 18.8 Å². The number of halogens is 1. The molecular weight excluding hydrogens is 453 g/mol. The third-order valence-corrected chi connectivity index (χ3v) is 6.76. The molecule has 0 aliphatic carbocycles. The molecule has 5 rings (SSSR count). The molecule has 0 amide bonds. The summed E-state index contributed by atoms with van der Waals surface area (Å²) in [6.07, 6.45) is 2.17. The standard InChI is InChI=1S/C26H22FN3O3S/c1-15-23-20(17(13-31)12-28-15)11-21-25(33-23)29-24(19-8-3-4-9-22(19)32-2)30-26(21)34-14-16-6-5-7-18(27)10-16/h3-10,12,31H,11,13-14H2,1-2H3. The Morgan fingerprint density at radius 2 is 1.97 bits per heavy atom. The number of hydrogen-bond donors (Lipinski definition) is 1. The van der Waals surface area contributed by atoms with Crippen LogP contribution in [0.15, 0.2) is 59.8 Å². The molecule has 2 aromatic heterocycles. The molecule has 0 saturated carbocycles. The molecule has 8 heteroatoms. The first-order valence-corrected chi connectivity index (χ1v) is 11.7. The number of thioether (sulfide) groups is 1. The van der Waals surface area contributed by atoms with Gasteiger partial charge in [-0.1, -0.05) is 24.3 Å². The van der Waals surface area contributed by atoms with Crippen molar-refractivity contribution in [1.82, 2.24) is 15.0 Å². The number of fused-ring (bicyclic) bond motifs is 2. The van der Waals surface area contributed by atoms with Gasteiger partial charge < -0.3 is 14.6 Å². The zero-order chi connectivity index (χ0) is 23.7. The Kier molecular flexibility index (Phi) is 6.17. The normalized spacial score (nSPS) is 12.0. The third kappa shape index (κ3) is 4.22. The maximum Gasteiger partial charge on any atom is 0.227 e. The Labute approximate surface area is 200 Å². The number of aliphatic hydroxyl groups excluding tert-OH is 1. The highest BCUT2D eigenvalue weighted by atomic mass is 32.2. The summed E-state index contributed by atoms with van der Waals surface area (Å²) in [5.41, 5.74) is 4.74. The molecule has 0 atom stereocenters. The number of rotatable bonds is 6. The first-order chi connectivity index (χ1) is 16.6. The van der Waals surface area contributed by atoms with Gasteiger partial charge in [-0.15, -0.1) is 11.8 Å². The predicted octanol–water partition coefficient (Wildman–Crippen LogP) is 5.48. The molecule has 1 N–H and O–H groups in total. The van der Waals surface area contributed by atoms with Gasteiger partial charge in [0.25, 0.3) is 0 Å². The van der Waals surface area contributed by atoms with Crippen molar-refractivity contribution in [3.8, 4) is 28.8 Å². The molecule has 0 radical (unpaired) electrons. The number of methoxy groups -OCH3 is 1. The van der Waals surface area contributed by atoms with E-state index in [9.17, 15) is 9.50 Å². The van der Waals surface area contributed by atoms with E-state index in [0.717, 1.165) is 33.0 Å². The molecule has 1 aliphatic heterocycles. The minimum absolute atomic E-state index is 0.139. The summed E-state index contributed by atoms with van der Waals surface area (Å²) in [6, 6.07) is 14.1. The van der Waals surface area contributed by atoms with Crippen molar-refractivity contribution in [3.05, 3.63) is 88.5 Å². The quantitative estimate of drug-likeness (QED) is 0.258. The van der Waals surface area contributed by atoms with Crippen LogP contribution in [0.2, 0.25) is 0 Å². The van der Waals surface area contributed by atoms with E-state index in [-0.39, 0.29) is 12.4 Å². The number of aliphatic hydroxyl groups is 1. The van der Waals surface area contributed by atoms with Crippen LogP contribution in [0.5, 0.6) is 17.4 Å². The number of benzene rings is 2.